The molecule has 0 radical (unpaired) electrons. The largest absolute Gasteiger partial charge is 0.350 e. The van der Waals surface area contributed by atoms with Gasteiger partial charge < -0.3 is 9.47 Å². The van der Waals surface area contributed by atoms with Crippen molar-refractivity contribution in [3.63, 3.8) is 0 Å². The zero-order chi connectivity index (χ0) is 20.0. The number of fused-ring (bicyclic) bond motifs is 2. The molecular weight excluding hydrogens is 365 g/mol. The predicted octanol–water partition coefficient (Wildman–Crippen LogP) is 3.47. The Labute approximate surface area is 171 Å². The molecule has 0 bridgehead atoms. The van der Waals surface area contributed by atoms with E-state index in [4.69, 9.17) is 9.97 Å². The van der Waals surface area contributed by atoms with Gasteiger partial charge in [-0.2, -0.15) is 0 Å². The molecule has 6 heteroatoms. The van der Waals surface area contributed by atoms with Gasteiger partial charge in [0.05, 0.1) is 0 Å². The molecule has 3 aromatic rings. The maximum Gasteiger partial charge on any atom is 0.132 e. The molecule has 0 amide bonds. The Morgan fingerprint density at radius 3 is 3.00 bits per heavy atom. The average molecular weight is 394 g/mol. The number of rotatable bonds is 3. The van der Waals surface area contributed by atoms with E-state index in [0.717, 1.165) is 68.7 Å². The van der Waals surface area contributed by atoms with Crippen LogP contribution in [0.4, 0.5) is 4.39 Å². The second-order valence-corrected chi connectivity index (χ2v) is 8.69. The molecule has 152 valence electrons. The van der Waals surface area contributed by atoms with Gasteiger partial charge in [-0.15, -0.1) is 0 Å². The first kappa shape index (κ1) is 18.7. The number of aryl methyl sites for hydroxylation is 1. The number of likely N-dealkylation sites (N-methyl/N-ethyl adjacent to an activating group) is 1. The molecule has 2 aliphatic rings. The smallest absolute Gasteiger partial charge is 0.132 e. The summed E-state index contributed by atoms with van der Waals surface area (Å²) >= 11 is 0. The topological polar surface area (TPSA) is 37.2 Å². The van der Waals surface area contributed by atoms with Crippen molar-refractivity contribution in [2.45, 2.75) is 38.3 Å². The number of piperidine rings is 1. The van der Waals surface area contributed by atoms with Gasteiger partial charge in [-0.3, -0.25) is 4.90 Å². The summed E-state index contributed by atoms with van der Waals surface area (Å²) in [6.45, 7) is 4.89. The Hall–Kier alpha value is -2.31. The molecule has 0 N–H and O–H groups in total. The molecule has 4 heterocycles. The standard InChI is InChI=1S/C23H28FN5/c1-27-9-7-21-17(12-27)11-25-23(26-21)16-4-3-8-29(14-16)15-18-13-28(2)22-6-5-19(24)10-20(18)22/h5-6,10-11,13,16H,3-4,7-9,12,14-15H2,1-2H3. The average Bonchev–Trinajstić information content (AvgIpc) is 3.02. The number of benzene rings is 1. The van der Waals surface area contributed by atoms with Gasteiger partial charge in [0.1, 0.15) is 11.6 Å². The van der Waals surface area contributed by atoms with Crippen LogP contribution < -0.4 is 0 Å². The van der Waals surface area contributed by atoms with E-state index in [1.807, 2.05) is 19.3 Å². The van der Waals surface area contributed by atoms with E-state index in [1.54, 1.807) is 6.07 Å². The van der Waals surface area contributed by atoms with Gasteiger partial charge in [-0.1, -0.05) is 0 Å². The minimum absolute atomic E-state index is 0.172. The Kier molecular flexibility index (Phi) is 4.84. The van der Waals surface area contributed by atoms with Crippen LogP contribution in [-0.2, 0) is 26.6 Å². The summed E-state index contributed by atoms with van der Waals surface area (Å²) in [5.74, 6) is 1.21. The minimum Gasteiger partial charge on any atom is -0.350 e. The fraction of sp³-hybridized carbons (Fsp3) is 0.478. The predicted molar refractivity (Wildman–Crippen MR) is 112 cm³/mol. The van der Waals surface area contributed by atoms with Crippen molar-refractivity contribution in [3.05, 3.63) is 59.1 Å². The summed E-state index contributed by atoms with van der Waals surface area (Å²) < 4.78 is 15.9. The van der Waals surface area contributed by atoms with Crippen LogP contribution in [0.1, 0.15) is 41.4 Å². The van der Waals surface area contributed by atoms with Gasteiger partial charge in [0.2, 0.25) is 0 Å². The van der Waals surface area contributed by atoms with Crippen LogP contribution in [0.2, 0.25) is 0 Å². The monoisotopic (exact) mass is 393 g/mol. The lowest BCUT2D eigenvalue weighted by molar-refractivity contribution is 0.196. The van der Waals surface area contributed by atoms with Crippen molar-refractivity contribution in [2.24, 2.45) is 7.05 Å². The van der Waals surface area contributed by atoms with Crippen LogP contribution in [-0.4, -0.2) is 51.0 Å². The van der Waals surface area contributed by atoms with Crippen LogP contribution in [0.3, 0.4) is 0 Å². The van der Waals surface area contributed by atoms with Gasteiger partial charge in [0.25, 0.3) is 0 Å². The second-order valence-electron chi connectivity index (χ2n) is 8.69. The molecular formula is C23H28FN5. The number of likely N-dealkylation sites (tertiary alicyclic amines) is 1. The summed E-state index contributed by atoms with van der Waals surface area (Å²) in [6.07, 6.45) is 7.48. The molecule has 29 heavy (non-hydrogen) atoms. The zero-order valence-corrected chi connectivity index (χ0v) is 17.2. The van der Waals surface area contributed by atoms with Crippen molar-refractivity contribution in [2.75, 3.05) is 26.7 Å². The number of hydrogen-bond acceptors (Lipinski definition) is 4. The second kappa shape index (κ2) is 7.50. The minimum atomic E-state index is -0.172. The highest BCUT2D eigenvalue weighted by molar-refractivity contribution is 5.84. The van der Waals surface area contributed by atoms with E-state index in [9.17, 15) is 4.39 Å². The number of aromatic nitrogens is 3. The lowest BCUT2D eigenvalue weighted by atomic mass is 9.96. The number of halogens is 1. The van der Waals surface area contributed by atoms with Gasteiger partial charge in [-0.05, 0) is 50.2 Å². The normalized spacial score (nSPS) is 20.9. The number of hydrogen-bond donors (Lipinski definition) is 0. The van der Waals surface area contributed by atoms with Crippen LogP contribution in [0.25, 0.3) is 10.9 Å². The van der Waals surface area contributed by atoms with Crippen LogP contribution in [0.5, 0.6) is 0 Å². The molecule has 1 fully saturated rings. The van der Waals surface area contributed by atoms with Gasteiger partial charge >= 0.3 is 0 Å². The van der Waals surface area contributed by atoms with E-state index in [0.29, 0.717) is 5.92 Å². The first-order valence-electron chi connectivity index (χ1n) is 10.6. The lowest BCUT2D eigenvalue weighted by Gasteiger charge is -2.32. The molecule has 2 aliphatic heterocycles. The lowest BCUT2D eigenvalue weighted by Crippen LogP contribution is -2.35. The van der Waals surface area contributed by atoms with Gasteiger partial charge in [0, 0.05) is 80.1 Å². The highest BCUT2D eigenvalue weighted by atomic mass is 19.1. The van der Waals surface area contributed by atoms with E-state index in [1.165, 1.54) is 22.9 Å². The number of nitrogens with zero attached hydrogens (tertiary/aromatic N) is 5. The third kappa shape index (κ3) is 3.67. The fourth-order valence-corrected chi connectivity index (χ4v) is 4.89. The SMILES string of the molecule is CN1CCc2nc(C3CCCN(Cc4cn(C)c5ccc(F)cc45)C3)ncc2C1. The van der Waals surface area contributed by atoms with Crippen molar-refractivity contribution in [1.29, 1.82) is 0 Å². The van der Waals surface area contributed by atoms with Crippen molar-refractivity contribution in [3.8, 4) is 0 Å². The Morgan fingerprint density at radius 2 is 2.10 bits per heavy atom. The van der Waals surface area contributed by atoms with E-state index in [-0.39, 0.29) is 5.82 Å². The fourth-order valence-electron chi connectivity index (χ4n) is 4.89. The molecule has 0 spiro atoms. The van der Waals surface area contributed by atoms with E-state index in [2.05, 4.69) is 27.6 Å². The summed E-state index contributed by atoms with van der Waals surface area (Å²) in [7, 11) is 4.18. The molecule has 0 saturated carbocycles. The Bertz CT molecular complexity index is 1040. The maximum absolute atomic E-state index is 13.8. The molecule has 1 saturated heterocycles. The van der Waals surface area contributed by atoms with Gasteiger partial charge in [0.15, 0.2) is 0 Å². The highest BCUT2D eigenvalue weighted by Gasteiger charge is 2.26. The summed E-state index contributed by atoms with van der Waals surface area (Å²) in [6, 6.07) is 5.06. The van der Waals surface area contributed by atoms with E-state index < -0.39 is 0 Å². The van der Waals surface area contributed by atoms with Crippen LogP contribution in [0.15, 0.2) is 30.6 Å². The third-order valence-electron chi connectivity index (χ3n) is 6.44. The quantitative estimate of drug-likeness (QED) is 0.683. The van der Waals surface area contributed by atoms with Crippen molar-refractivity contribution >= 4 is 10.9 Å². The Balaban J connectivity index is 1.35. The summed E-state index contributed by atoms with van der Waals surface area (Å²) in [5, 5.41) is 1.02. The first-order chi connectivity index (χ1) is 14.1. The third-order valence-corrected chi connectivity index (χ3v) is 6.44. The molecule has 1 atom stereocenters. The molecule has 0 aliphatic carbocycles. The van der Waals surface area contributed by atoms with Crippen LogP contribution in [0, 0.1) is 5.82 Å². The van der Waals surface area contributed by atoms with Crippen molar-refractivity contribution < 1.29 is 4.39 Å². The van der Waals surface area contributed by atoms with Crippen LogP contribution >= 0.6 is 0 Å². The molecule has 5 nitrogen and oxygen atoms in total. The van der Waals surface area contributed by atoms with Gasteiger partial charge in [-0.25, -0.2) is 14.4 Å². The Morgan fingerprint density at radius 1 is 1.21 bits per heavy atom. The molecule has 5 rings (SSSR count). The maximum atomic E-state index is 13.8. The first-order valence-corrected chi connectivity index (χ1v) is 10.6. The zero-order valence-electron chi connectivity index (χ0n) is 17.2. The molecule has 2 aromatic heterocycles. The summed E-state index contributed by atoms with van der Waals surface area (Å²) in [4.78, 5) is 14.5. The highest BCUT2D eigenvalue weighted by Crippen LogP contribution is 2.29. The van der Waals surface area contributed by atoms with E-state index >= 15 is 0 Å². The molecule has 1 unspecified atom stereocenters. The summed E-state index contributed by atoms with van der Waals surface area (Å²) in [5.41, 5.74) is 4.78. The van der Waals surface area contributed by atoms with Crippen molar-refractivity contribution in [1.82, 2.24) is 24.3 Å². The molecule has 1 aromatic carbocycles.